The normalized spacial score (nSPS) is 18.5. The minimum atomic E-state index is -4.41. The van der Waals surface area contributed by atoms with Crippen LogP contribution in [0, 0.1) is 0 Å². The molecule has 10 nitrogen and oxygen atoms in total. The predicted molar refractivity (Wildman–Crippen MR) is 162 cm³/mol. The number of anilines is 1. The Balaban J connectivity index is 1.75. The number of carbonyl (C=O) groups is 1. The second kappa shape index (κ2) is 11.6. The molecule has 2 aromatic rings. The van der Waals surface area contributed by atoms with Gasteiger partial charge in [0.15, 0.2) is 5.71 Å². The Kier molecular flexibility index (Phi) is 8.82. The maximum absolute atomic E-state index is 11.9. The topological polar surface area (TPSA) is 155 Å². The molecule has 2 aliphatic rings. The first-order valence-corrected chi connectivity index (χ1v) is 17.0. The number of hydrogen-bond acceptors (Lipinski definition) is 7. The molecule has 0 fully saturated rings. The van der Waals surface area contributed by atoms with Gasteiger partial charge in [0.05, 0.1) is 15.2 Å². The van der Waals surface area contributed by atoms with E-state index in [1.165, 1.54) is 24.3 Å². The van der Waals surface area contributed by atoms with Crippen molar-refractivity contribution >= 4 is 43.3 Å². The number of carboxylic acids is 1. The van der Waals surface area contributed by atoms with Gasteiger partial charge in [-0.25, -0.2) is 0 Å². The van der Waals surface area contributed by atoms with Gasteiger partial charge in [-0.1, -0.05) is 19.9 Å². The van der Waals surface area contributed by atoms with Crippen molar-refractivity contribution in [2.75, 3.05) is 18.0 Å². The zero-order valence-corrected chi connectivity index (χ0v) is 26.6. The third-order valence-electron chi connectivity index (χ3n) is 8.41. The first kappa shape index (κ1) is 32.6. The molecule has 2 heterocycles. The van der Waals surface area contributed by atoms with Gasteiger partial charge in [-0.2, -0.15) is 21.4 Å². The average Bonchev–Trinajstić information content (AvgIpc) is 3.25. The molecule has 0 spiro atoms. The summed E-state index contributed by atoms with van der Waals surface area (Å²) in [6, 6.07) is 9.16. The number of carbonyl (C=O) groups excluding carboxylic acids is 1. The lowest BCUT2D eigenvalue weighted by molar-refractivity contribution is -0.438. The highest BCUT2D eigenvalue weighted by Gasteiger charge is 2.45. The van der Waals surface area contributed by atoms with E-state index in [1.54, 1.807) is 12.1 Å². The molecule has 4 rings (SSSR count). The van der Waals surface area contributed by atoms with Crippen LogP contribution < -0.4 is 10.0 Å². The van der Waals surface area contributed by atoms with E-state index in [-0.39, 0.29) is 16.2 Å². The van der Waals surface area contributed by atoms with Gasteiger partial charge < -0.3 is 14.8 Å². The van der Waals surface area contributed by atoms with Crippen LogP contribution in [0.3, 0.4) is 0 Å². The Labute approximate surface area is 253 Å². The van der Waals surface area contributed by atoms with E-state index < -0.39 is 37.0 Å². The Morgan fingerprint density at radius 1 is 0.907 bits per heavy atom. The van der Waals surface area contributed by atoms with Crippen LogP contribution in [0.4, 0.5) is 11.4 Å². The van der Waals surface area contributed by atoms with Gasteiger partial charge in [0, 0.05) is 53.4 Å². The maximum atomic E-state index is 11.9. The second-order valence-electron chi connectivity index (χ2n) is 11.9. The fourth-order valence-corrected chi connectivity index (χ4v) is 7.17. The average molecular weight is 631 g/mol. The smallest absolute Gasteiger partial charge is 0.294 e. The molecule has 0 saturated heterocycles. The molecule has 232 valence electrons. The molecule has 0 amide bonds. The van der Waals surface area contributed by atoms with Crippen LogP contribution in [0.25, 0.3) is 0 Å². The van der Waals surface area contributed by atoms with Crippen LogP contribution in [0.1, 0.15) is 71.4 Å². The molecule has 0 unspecified atom stereocenters. The van der Waals surface area contributed by atoms with Crippen LogP contribution in [0.15, 0.2) is 70.1 Å². The van der Waals surface area contributed by atoms with Crippen molar-refractivity contribution in [1.82, 2.24) is 0 Å². The van der Waals surface area contributed by atoms with Crippen LogP contribution in [0.5, 0.6) is 0 Å². The lowest BCUT2D eigenvalue weighted by atomic mass is 9.81. The number of benzene rings is 2. The molecule has 43 heavy (non-hydrogen) atoms. The van der Waals surface area contributed by atoms with Crippen molar-refractivity contribution in [2.24, 2.45) is 0 Å². The van der Waals surface area contributed by atoms with E-state index in [1.807, 2.05) is 52.8 Å². The van der Waals surface area contributed by atoms with Gasteiger partial charge in [0.1, 0.15) is 6.54 Å². The lowest BCUT2D eigenvalue weighted by Gasteiger charge is -2.25. The van der Waals surface area contributed by atoms with E-state index >= 15 is 0 Å². The summed E-state index contributed by atoms with van der Waals surface area (Å²) in [5.41, 5.74) is 3.83. The third kappa shape index (κ3) is 6.33. The summed E-state index contributed by atoms with van der Waals surface area (Å²) in [7, 11) is -8.77. The maximum Gasteiger partial charge on any atom is 0.294 e. The quantitative estimate of drug-likeness (QED) is 0.212. The number of hydrogen-bond donors (Lipinski definition) is 2. The van der Waals surface area contributed by atoms with E-state index in [4.69, 9.17) is 0 Å². The summed E-state index contributed by atoms with van der Waals surface area (Å²) >= 11 is 0. The molecule has 0 bridgehead atoms. The molecular weight excluding hydrogens is 592 g/mol. The Morgan fingerprint density at radius 2 is 1.51 bits per heavy atom. The zero-order valence-electron chi connectivity index (χ0n) is 25.0. The lowest BCUT2D eigenvalue weighted by Crippen LogP contribution is -2.28. The highest BCUT2D eigenvalue weighted by atomic mass is 32.2. The number of likely N-dealkylation sites (N-methyl/N-ethyl adjacent to an activating group) is 1. The highest BCUT2D eigenvalue weighted by Crippen LogP contribution is 2.48. The monoisotopic (exact) mass is 630 g/mol. The summed E-state index contributed by atoms with van der Waals surface area (Å²) in [6.07, 6.45) is 7.72. The Bertz CT molecular complexity index is 1770. The van der Waals surface area contributed by atoms with Gasteiger partial charge in [0.25, 0.3) is 20.2 Å². The number of carboxylic acid groups (broad SMARTS) is 1. The van der Waals surface area contributed by atoms with E-state index in [0.29, 0.717) is 32.4 Å². The molecule has 2 aliphatic heterocycles. The Hall–Kier alpha value is -3.32. The third-order valence-corrected chi connectivity index (χ3v) is 10.1. The first-order valence-electron chi connectivity index (χ1n) is 14.2. The fraction of sp³-hybridized carbons (Fsp3) is 0.419. The SMILES string of the molecule is CCN1/C(=C/C=C/C2=[N+](CCCCCC(=O)[O-])c3ccc(S(=O)(=O)O)cc3C2(C)C)C(C)(C)c2cc(S(=O)(=O)O)ccc21. The standard InChI is InChI=1S/C31H38N2O8S2/c1-6-32-25-16-14-21(42(36,37)38)19-23(25)30(2,3)27(32)11-10-12-28-31(4,5)24-20-22(43(39,40)41)15-17-26(24)33(28)18-9-7-8-13-29(34)35/h10-12,14-17,19-20H,6-9,13,18H2,1-5H3,(H2-,34,35,36,37,38,39,40,41). The van der Waals surface area contributed by atoms with Gasteiger partial charge in [-0.05, 0) is 82.0 Å². The summed E-state index contributed by atoms with van der Waals surface area (Å²) in [5, 5.41) is 10.8. The highest BCUT2D eigenvalue weighted by molar-refractivity contribution is 7.86. The summed E-state index contributed by atoms with van der Waals surface area (Å²) < 4.78 is 68.9. The largest absolute Gasteiger partial charge is 0.550 e. The number of aliphatic carboxylic acids is 1. The van der Waals surface area contributed by atoms with Crippen molar-refractivity contribution in [3.63, 3.8) is 0 Å². The molecule has 2 N–H and O–H groups in total. The van der Waals surface area contributed by atoms with Crippen LogP contribution in [-0.4, -0.2) is 55.3 Å². The van der Waals surface area contributed by atoms with Gasteiger partial charge in [0.2, 0.25) is 5.69 Å². The summed E-state index contributed by atoms with van der Waals surface area (Å²) in [5.74, 6) is -1.08. The predicted octanol–water partition coefficient (Wildman–Crippen LogP) is 4.12. The van der Waals surface area contributed by atoms with Crippen molar-refractivity contribution < 1.29 is 40.4 Å². The van der Waals surface area contributed by atoms with Crippen molar-refractivity contribution in [3.8, 4) is 0 Å². The summed E-state index contributed by atoms with van der Waals surface area (Å²) in [4.78, 5) is 12.6. The van der Waals surface area contributed by atoms with Crippen molar-refractivity contribution in [1.29, 1.82) is 0 Å². The second-order valence-corrected chi connectivity index (χ2v) is 14.8. The van der Waals surface area contributed by atoms with Gasteiger partial charge in [-0.15, -0.1) is 0 Å². The van der Waals surface area contributed by atoms with Crippen LogP contribution >= 0.6 is 0 Å². The molecule has 2 aromatic carbocycles. The van der Waals surface area contributed by atoms with Crippen molar-refractivity contribution in [2.45, 2.75) is 80.9 Å². The van der Waals surface area contributed by atoms with E-state index in [2.05, 4.69) is 9.48 Å². The molecule has 12 heteroatoms. The van der Waals surface area contributed by atoms with Gasteiger partial charge >= 0.3 is 0 Å². The minimum Gasteiger partial charge on any atom is -0.550 e. The number of unbranched alkanes of at least 4 members (excludes halogenated alkanes) is 2. The minimum absolute atomic E-state index is 0.0122. The first-order chi connectivity index (χ1) is 19.9. The summed E-state index contributed by atoms with van der Waals surface area (Å²) in [6.45, 7) is 11.1. The fourth-order valence-electron chi connectivity index (χ4n) is 6.16. The Morgan fingerprint density at radius 3 is 2.09 bits per heavy atom. The molecule has 0 radical (unpaired) electrons. The van der Waals surface area contributed by atoms with Crippen LogP contribution in [-0.2, 0) is 35.9 Å². The number of fused-ring (bicyclic) bond motifs is 2. The molecular formula is C31H38N2O8S2. The van der Waals surface area contributed by atoms with Crippen LogP contribution in [0.2, 0.25) is 0 Å². The molecule has 0 atom stereocenters. The molecule has 0 aromatic heterocycles. The zero-order chi connectivity index (χ0) is 32.0. The number of allylic oxidation sites excluding steroid dienone is 4. The number of nitrogens with zero attached hydrogens (tertiary/aromatic N) is 2. The van der Waals surface area contributed by atoms with Crippen molar-refractivity contribution in [3.05, 3.63) is 71.5 Å². The number of rotatable bonds is 11. The van der Waals surface area contributed by atoms with E-state index in [9.17, 15) is 35.8 Å². The van der Waals surface area contributed by atoms with E-state index in [0.717, 1.165) is 33.9 Å². The van der Waals surface area contributed by atoms with Gasteiger partial charge in [-0.3, -0.25) is 9.11 Å². The molecule has 0 aliphatic carbocycles. The molecule has 0 saturated carbocycles.